The first kappa shape index (κ1) is 30.2. The molecular formula is C30H35ClN4O6S. The molecule has 2 aromatic heterocycles. The van der Waals surface area contributed by atoms with Gasteiger partial charge in [-0.05, 0) is 85.7 Å². The summed E-state index contributed by atoms with van der Waals surface area (Å²) >= 11 is 7.11. The molecule has 3 heterocycles. The first-order valence-corrected chi connectivity index (χ1v) is 15.3. The van der Waals surface area contributed by atoms with Gasteiger partial charge in [0.05, 0.1) is 35.0 Å². The molecule has 1 aliphatic carbocycles. The molecule has 0 radical (unpaired) electrons. The second kappa shape index (κ2) is 13.8. The molecule has 0 unspecified atom stereocenters. The lowest BCUT2D eigenvalue weighted by Crippen LogP contribution is -2.36. The van der Waals surface area contributed by atoms with Crippen LogP contribution in [0.4, 0.5) is 10.5 Å². The van der Waals surface area contributed by atoms with Crippen molar-refractivity contribution in [2.24, 2.45) is 0 Å². The van der Waals surface area contributed by atoms with Crippen LogP contribution in [-0.4, -0.2) is 67.1 Å². The van der Waals surface area contributed by atoms with Gasteiger partial charge in [-0.15, -0.1) is 11.3 Å². The van der Waals surface area contributed by atoms with E-state index in [0.717, 1.165) is 42.4 Å². The number of aliphatic hydroxyl groups excluding tert-OH is 1. The number of amides is 2. The second-order valence-electron chi connectivity index (χ2n) is 10.6. The van der Waals surface area contributed by atoms with Crippen molar-refractivity contribution in [1.29, 1.82) is 0 Å². The van der Waals surface area contributed by atoms with Crippen molar-refractivity contribution in [3.8, 4) is 11.1 Å². The van der Waals surface area contributed by atoms with Gasteiger partial charge in [-0.3, -0.25) is 14.5 Å². The second-order valence-corrected chi connectivity index (χ2v) is 12.3. The minimum Gasteiger partial charge on any atom is -0.442 e. The summed E-state index contributed by atoms with van der Waals surface area (Å²) in [6.07, 6.45) is 4.41. The molecule has 1 saturated carbocycles. The maximum Gasteiger partial charge on any atom is 0.414 e. The van der Waals surface area contributed by atoms with Crippen LogP contribution in [0.3, 0.4) is 0 Å². The molecule has 3 aromatic rings. The Bertz CT molecular complexity index is 1470. The minimum atomic E-state index is -0.512. The number of ether oxygens (including phenoxy) is 2. The van der Waals surface area contributed by atoms with Crippen molar-refractivity contribution in [1.82, 2.24) is 15.6 Å². The molecule has 2 aliphatic rings. The number of thiophene rings is 1. The normalized spacial score (nSPS) is 20.5. The summed E-state index contributed by atoms with van der Waals surface area (Å²) in [7, 11) is 1.60. The van der Waals surface area contributed by atoms with E-state index >= 15 is 0 Å². The average Bonchev–Trinajstić information content (AvgIpc) is 3.59. The van der Waals surface area contributed by atoms with Crippen LogP contribution in [0.1, 0.15) is 46.5 Å². The Morgan fingerprint density at radius 1 is 1.17 bits per heavy atom. The van der Waals surface area contributed by atoms with Crippen molar-refractivity contribution in [2.75, 3.05) is 31.6 Å². The van der Waals surface area contributed by atoms with Gasteiger partial charge in [-0.25, -0.2) is 4.79 Å². The molecule has 12 heteroatoms. The number of aromatic nitrogens is 1. The number of nitrogens with one attached hydrogen (secondary N) is 3. The fourth-order valence-electron chi connectivity index (χ4n) is 5.55. The molecule has 2 amide bonds. The number of aliphatic hydroxyl groups is 1. The van der Waals surface area contributed by atoms with Gasteiger partial charge >= 0.3 is 6.09 Å². The van der Waals surface area contributed by atoms with Crippen molar-refractivity contribution >= 4 is 40.6 Å². The zero-order chi connectivity index (χ0) is 29.6. The third-order valence-electron chi connectivity index (χ3n) is 7.72. The van der Waals surface area contributed by atoms with E-state index in [0.29, 0.717) is 39.5 Å². The Labute approximate surface area is 253 Å². The average molecular weight is 615 g/mol. The zero-order valence-corrected chi connectivity index (χ0v) is 24.9. The lowest BCUT2D eigenvalue weighted by atomic mass is 9.92. The number of H-pyrrole nitrogens is 1. The molecule has 10 nitrogen and oxygen atoms in total. The largest absolute Gasteiger partial charge is 0.442 e. The van der Waals surface area contributed by atoms with Crippen molar-refractivity contribution in [3.05, 3.63) is 73.3 Å². The molecular weight excluding hydrogens is 580 g/mol. The first-order valence-electron chi connectivity index (χ1n) is 14.1. The van der Waals surface area contributed by atoms with Crippen molar-refractivity contribution < 1.29 is 24.2 Å². The van der Waals surface area contributed by atoms with Gasteiger partial charge in [0.25, 0.3) is 11.5 Å². The van der Waals surface area contributed by atoms with Crippen LogP contribution in [0, 0.1) is 0 Å². The van der Waals surface area contributed by atoms with Crippen molar-refractivity contribution in [2.45, 2.75) is 57.0 Å². The number of halogens is 1. The number of nitrogens with zero attached hydrogens (tertiary/aromatic N) is 1. The molecule has 1 atom stereocenters. The number of benzene rings is 1. The SMILES string of the molecule is COCc1cc(N2C[C@H](CNC(=O)c3ccc(Cl)s3)OC2=O)ccc1-c1cc[nH]c(=O)c1CCN[C@H]1CC[C@H](O)CC1. The molecule has 4 N–H and O–H groups in total. The fourth-order valence-corrected chi connectivity index (χ4v) is 6.51. The Morgan fingerprint density at radius 3 is 2.71 bits per heavy atom. The van der Waals surface area contributed by atoms with E-state index in [2.05, 4.69) is 15.6 Å². The summed E-state index contributed by atoms with van der Waals surface area (Å²) < 4.78 is 11.5. The number of rotatable bonds is 11. The number of aromatic amines is 1. The topological polar surface area (TPSA) is 133 Å². The van der Waals surface area contributed by atoms with E-state index in [9.17, 15) is 19.5 Å². The van der Waals surface area contributed by atoms with Gasteiger partial charge in [-0.1, -0.05) is 17.7 Å². The maximum absolute atomic E-state index is 12.9. The van der Waals surface area contributed by atoms with Crippen LogP contribution in [0.2, 0.25) is 4.34 Å². The number of carbonyl (C=O) groups excluding carboxylic acids is 2. The monoisotopic (exact) mass is 614 g/mol. The van der Waals surface area contributed by atoms with Crippen LogP contribution < -0.4 is 21.1 Å². The zero-order valence-electron chi connectivity index (χ0n) is 23.4. The molecule has 1 aliphatic heterocycles. The summed E-state index contributed by atoms with van der Waals surface area (Å²) in [5.74, 6) is -0.269. The van der Waals surface area contributed by atoms with Gasteiger partial charge in [-0.2, -0.15) is 0 Å². The molecule has 224 valence electrons. The Morgan fingerprint density at radius 2 is 1.98 bits per heavy atom. The first-order chi connectivity index (χ1) is 20.3. The highest BCUT2D eigenvalue weighted by molar-refractivity contribution is 7.18. The summed E-state index contributed by atoms with van der Waals surface area (Å²) in [5, 5.41) is 16.1. The minimum absolute atomic E-state index is 0.140. The van der Waals surface area contributed by atoms with Crippen LogP contribution in [0.15, 0.2) is 47.4 Å². The predicted octanol–water partition coefficient (Wildman–Crippen LogP) is 4.09. The van der Waals surface area contributed by atoms with Crippen LogP contribution in [-0.2, 0) is 22.5 Å². The number of methoxy groups -OCH3 is 1. The molecule has 1 aromatic carbocycles. The van der Waals surface area contributed by atoms with E-state index in [1.807, 2.05) is 24.3 Å². The standard InChI is InChI=1S/C30H35ClN4O6S/c1-40-17-18-14-20(35-16-22(41-30(35)39)15-34-29(38)26-8-9-27(31)42-26)4-7-23(18)24-10-13-33-28(37)25(24)11-12-32-19-2-5-21(36)6-3-19/h4,7-10,13-14,19,21-22,32,36H,2-3,5-6,11-12,15-17H2,1H3,(H,33,37)(H,34,38)/t19-,21-,22-/m0/s1. The summed E-state index contributed by atoms with van der Waals surface area (Å²) in [5.41, 5.74) is 3.68. The highest BCUT2D eigenvalue weighted by Crippen LogP contribution is 2.32. The van der Waals surface area contributed by atoms with E-state index in [4.69, 9.17) is 21.1 Å². The van der Waals surface area contributed by atoms with Gasteiger partial charge in [0, 0.05) is 30.6 Å². The Balaban J connectivity index is 1.28. The summed E-state index contributed by atoms with van der Waals surface area (Å²) in [4.78, 5) is 42.9. The lowest BCUT2D eigenvalue weighted by Gasteiger charge is -2.26. The molecule has 5 rings (SSSR count). The Kier molecular flexibility index (Phi) is 9.96. The van der Waals surface area contributed by atoms with Gasteiger partial charge in [0.1, 0.15) is 6.10 Å². The number of pyridine rings is 1. The predicted molar refractivity (Wildman–Crippen MR) is 162 cm³/mol. The summed E-state index contributed by atoms with van der Waals surface area (Å²) in [6.45, 7) is 1.38. The number of carbonyl (C=O) groups is 2. The van der Waals surface area contributed by atoms with Gasteiger partial charge in [0.2, 0.25) is 0 Å². The third kappa shape index (κ3) is 7.22. The summed E-state index contributed by atoms with van der Waals surface area (Å²) in [6, 6.07) is 11.2. The van der Waals surface area contributed by atoms with E-state index < -0.39 is 12.2 Å². The fraction of sp³-hybridized carbons (Fsp3) is 0.433. The van der Waals surface area contributed by atoms with Crippen LogP contribution in [0.5, 0.6) is 0 Å². The van der Waals surface area contributed by atoms with Crippen LogP contribution >= 0.6 is 22.9 Å². The number of hydrogen-bond acceptors (Lipinski definition) is 8. The molecule has 0 bridgehead atoms. The van der Waals surface area contributed by atoms with E-state index in [1.165, 1.54) is 16.2 Å². The maximum atomic E-state index is 12.9. The number of cyclic esters (lactones) is 1. The van der Waals surface area contributed by atoms with Gasteiger partial charge in [0.15, 0.2) is 0 Å². The number of hydrogen-bond donors (Lipinski definition) is 4. The smallest absolute Gasteiger partial charge is 0.414 e. The quantitative estimate of drug-likeness (QED) is 0.256. The van der Waals surface area contributed by atoms with E-state index in [1.54, 1.807) is 25.4 Å². The molecule has 42 heavy (non-hydrogen) atoms. The molecule has 1 saturated heterocycles. The highest BCUT2D eigenvalue weighted by atomic mass is 35.5. The highest BCUT2D eigenvalue weighted by Gasteiger charge is 2.33. The lowest BCUT2D eigenvalue weighted by molar-refractivity contribution is 0.0920. The van der Waals surface area contributed by atoms with E-state index in [-0.39, 0.29) is 37.3 Å². The van der Waals surface area contributed by atoms with Crippen LogP contribution in [0.25, 0.3) is 11.1 Å². The molecule has 0 spiro atoms. The molecule has 2 fully saturated rings. The van der Waals surface area contributed by atoms with Crippen molar-refractivity contribution in [3.63, 3.8) is 0 Å². The number of anilines is 1. The van der Waals surface area contributed by atoms with Gasteiger partial charge < -0.3 is 30.2 Å². The third-order valence-corrected chi connectivity index (χ3v) is 8.95. The Hall–Kier alpha value is -3.22.